The summed E-state index contributed by atoms with van der Waals surface area (Å²) in [6.45, 7) is 6.53. The quantitative estimate of drug-likeness (QED) is 0.121. The van der Waals surface area contributed by atoms with Gasteiger partial charge in [-0.1, -0.05) is 103 Å². The van der Waals surface area contributed by atoms with E-state index in [1.807, 2.05) is 42.5 Å². The molecule has 4 aliphatic rings. The molecule has 1 saturated carbocycles. The van der Waals surface area contributed by atoms with Crippen LogP contribution in [0.15, 0.2) is 91.1 Å². The number of carbonyl (C=O) groups excluding carboxylic acids is 2. The highest BCUT2D eigenvalue weighted by atomic mass is 35.5. The number of nitrogens with one attached hydrogen (secondary N) is 3. The first kappa shape index (κ1) is 41.6. The standard InChI is InChI=1S/C49H51Cl3N6O3/c1-30-10-9-20-58-46(36-17-16-33(50)28-38(36)52)37-27-34(51)29-40-43(37)44(47(58)42(30)31-11-5-3-6-12-31)45(54-40)49(60)55-39-26-32(48(59)53-19-25-61-2)15-18-41(39)57-23-21-56(22-24-57)35-13-7-4-8-14-35/h3,5-6,9,11-12,15-18,20,26-30,35,46,54H,4,7-8,10,13-14,19,21-25H2,1-2H3,(H,53,59)(H,55,60). The Morgan fingerprint density at radius 3 is 2.39 bits per heavy atom. The summed E-state index contributed by atoms with van der Waals surface area (Å²) >= 11 is 20.5. The molecular formula is C49H51Cl3N6O3. The molecule has 3 N–H and O–H groups in total. The van der Waals surface area contributed by atoms with E-state index in [-0.39, 0.29) is 23.8 Å². The minimum absolute atomic E-state index is 0.0990. The van der Waals surface area contributed by atoms with Gasteiger partial charge in [-0.05, 0) is 89.9 Å². The van der Waals surface area contributed by atoms with Crippen molar-refractivity contribution in [1.29, 1.82) is 0 Å². The molecule has 4 heterocycles. The van der Waals surface area contributed by atoms with Crippen molar-refractivity contribution in [2.24, 2.45) is 5.92 Å². The van der Waals surface area contributed by atoms with E-state index in [0.717, 1.165) is 82.7 Å². The molecule has 0 bridgehead atoms. The molecule has 1 saturated heterocycles. The number of benzene rings is 4. The molecule has 316 valence electrons. The second kappa shape index (κ2) is 17.9. The Kier molecular flexibility index (Phi) is 12.2. The number of halogens is 3. The minimum Gasteiger partial charge on any atom is -0.383 e. The van der Waals surface area contributed by atoms with Gasteiger partial charge in [-0.3, -0.25) is 14.5 Å². The second-order valence-electron chi connectivity index (χ2n) is 16.7. The van der Waals surface area contributed by atoms with Gasteiger partial charge in [0.15, 0.2) is 0 Å². The maximum Gasteiger partial charge on any atom is 0.272 e. The van der Waals surface area contributed by atoms with E-state index in [0.29, 0.717) is 51.2 Å². The van der Waals surface area contributed by atoms with Crippen molar-refractivity contribution in [3.05, 3.63) is 140 Å². The Morgan fingerprint density at radius 1 is 0.852 bits per heavy atom. The number of nitrogens with zero attached hydrogens (tertiary/aromatic N) is 3. The summed E-state index contributed by atoms with van der Waals surface area (Å²) in [5.41, 5.74) is 8.72. The molecule has 9 rings (SSSR count). The Bertz CT molecular complexity index is 2520. The van der Waals surface area contributed by atoms with Crippen molar-refractivity contribution in [3.63, 3.8) is 0 Å². The van der Waals surface area contributed by atoms with Crippen molar-refractivity contribution in [1.82, 2.24) is 20.1 Å². The lowest BCUT2D eigenvalue weighted by Crippen LogP contribution is -2.51. The second-order valence-corrected chi connectivity index (χ2v) is 17.9. The summed E-state index contributed by atoms with van der Waals surface area (Å²) in [6.07, 6.45) is 11.5. The number of aromatic nitrogens is 1. The molecule has 1 aliphatic carbocycles. The summed E-state index contributed by atoms with van der Waals surface area (Å²) in [6, 6.07) is 25.8. The number of rotatable bonds is 10. The van der Waals surface area contributed by atoms with E-state index in [1.54, 1.807) is 19.2 Å². The van der Waals surface area contributed by atoms with E-state index in [9.17, 15) is 4.79 Å². The van der Waals surface area contributed by atoms with Gasteiger partial charge in [-0.25, -0.2) is 0 Å². The van der Waals surface area contributed by atoms with Crippen molar-refractivity contribution in [3.8, 4) is 0 Å². The monoisotopic (exact) mass is 876 g/mol. The van der Waals surface area contributed by atoms with Crippen LogP contribution in [0.1, 0.15) is 94.6 Å². The van der Waals surface area contributed by atoms with E-state index in [2.05, 4.69) is 73.8 Å². The predicted octanol–water partition coefficient (Wildman–Crippen LogP) is 11.0. The number of anilines is 2. The molecule has 61 heavy (non-hydrogen) atoms. The molecular weight excluding hydrogens is 827 g/mol. The molecule has 2 amide bonds. The molecule has 2 fully saturated rings. The number of allylic oxidation sites excluding steroid dienone is 2. The van der Waals surface area contributed by atoms with Crippen LogP contribution in [0.5, 0.6) is 0 Å². The minimum atomic E-state index is -0.382. The average molecular weight is 878 g/mol. The zero-order valence-corrected chi connectivity index (χ0v) is 36.8. The maximum atomic E-state index is 15.3. The van der Waals surface area contributed by atoms with Gasteiger partial charge in [-0.15, -0.1) is 0 Å². The Hall–Kier alpha value is -4.77. The topological polar surface area (TPSA) is 92.9 Å². The average Bonchev–Trinajstić information content (AvgIpc) is 3.56. The van der Waals surface area contributed by atoms with Gasteiger partial charge in [-0.2, -0.15) is 0 Å². The first-order chi connectivity index (χ1) is 29.7. The lowest BCUT2D eigenvalue weighted by Gasteiger charge is -2.42. The van der Waals surface area contributed by atoms with Gasteiger partial charge < -0.3 is 30.2 Å². The number of piperazine rings is 1. The van der Waals surface area contributed by atoms with E-state index in [1.165, 1.54) is 32.1 Å². The number of aromatic amines is 1. The van der Waals surface area contributed by atoms with Crippen LogP contribution in [0, 0.1) is 5.92 Å². The van der Waals surface area contributed by atoms with Crippen molar-refractivity contribution >= 4 is 80.2 Å². The van der Waals surface area contributed by atoms with Crippen molar-refractivity contribution in [2.45, 2.75) is 57.5 Å². The number of fused-ring (bicyclic) bond motifs is 2. The van der Waals surface area contributed by atoms with Crippen LogP contribution in [0.4, 0.5) is 11.4 Å². The fraction of sp³-hybridized carbons (Fsp3) is 0.347. The fourth-order valence-electron chi connectivity index (χ4n) is 9.98. The molecule has 9 nitrogen and oxygen atoms in total. The van der Waals surface area contributed by atoms with Gasteiger partial charge in [0.2, 0.25) is 0 Å². The molecule has 2 atom stereocenters. The van der Waals surface area contributed by atoms with Crippen molar-refractivity contribution < 1.29 is 14.3 Å². The highest BCUT2D eigenvalue weighted by Crippen LogP contribution is 2.54. The number of amides is 2. The van der Waals surface area contributed by atoms with Crippen LogP contribution in [-0.4, -0.2) is 79.1 Å². The van der Waals surface area contributed by atoms with E-state index >= 15 is 4.79 Å². The van der Waals surface area contributed by atoms with Gasteiger partial charge >= 0.3 is 0 Å². The predicted molar refractivity (Wildman–Crippen MR) is 249 cm³/mol. The first-order valence-corrected chi connectivity index (χ1v) is 22.6. The largest absolute Gasteiger partial charge is 0.383 e. The van der Waals surface area contributed by atoms with Crippen LogP contribution < -0.4 is 15.5 Å². The Balaban J connectivity index is 1.18. The molecule has 3 aliphatic heterocycles. The normalized spacial score (nSPS) is 19.6. The molecule has 4 aromatic carbocycles. The third-order valence-corrected chi connectivity index (χ3v) is 13.7. The maximum absolute atomic E-state index is 15.3. The Morgan fingerprint density at radius 2 is 1.64 bits per heavy atom. The molecule has 0 spiro atoms. The highest BCUT2D eigenvalue weighted by Gasteiger charge is 2.40. The lowest BCUT2D eigenvalue weighted by atomic mass is 9.82. The van der Waals surface area contributed by atoms with Gasteiger partial charge in [0.1, 0.15) is 5.69 Å². The summed E-state index contributed by atoms with van der Waals surface area (Å²) < 4.78 is 5.18. The number of hydrogen-bond donors (Lipinski definition) is 3. The zero-order chi connectivity index (χ0) is 42.2. The lowest BCUT2D eigenvalue weighted by molar-refractivity contribution is 0.0936. The van der Waals surface area contributed by atoms with Crippen molar-refractivity contribution in [2.75, 3.05) is 56.7 Å². The first-order valence-electron chi connectivity index (χ1n) is 21.5. The number of methoxy groups -OCH3 is 1. The van der Waals surface area contributed by atoms with Crippen LogP contribution in [0.3, 0.4) is 0 Å². The summed E-state index contributed by atoms with van der Waals surface area (Å²) in [5, 5.41) is 8.79. The fourth-order valence-corrected chi connectivity index (χ4v) is 10.7. The third kappa shape index (κ3) is 8.19. The van der Waals surface area contributed by atoms with Gasteiger partial charge in [0.25, 0.3) is 11.8 Å². The molecule has 12 heteroatoms. The third-order valence-electron chi connectivity index (χ3n) is 12.9. The van der Waals surface area contributed by atoms with Gasteiger partial charge in [0, 0.05) is 89.2 Å². The number of ether oxygens (including phenoxy) is 1. The van der Waals surface area contributed by atoms with Crippen LogP contribution >= 0.6 is 34.8 Å². The van der Waals surface area contributed by atoms with Crippen LogP contribution in [0.25, 0.3) is 22.2 Å². The highest BCUT2D eigenvalue weighted by molar-refractivity contribution is 6.35. The van der Waals surface area contributed by atoms with E-state index < -0.39 is 0 Å². The van der Waals surface area contributed by atoms with E-state index in [4.69, 9.17) is 39.5 Å². The molecule has 5 aromatic rings. The number of carbonyl (C=O) groups is 2. The summed E-state index contributed by atoms with van der Waals surface area (Å²) in [4.78, 5) is 39.5. The smallest absolute Gasteiger partial charge is 0.272 e. The molecule has 1 aromatic heterocycles. The number of H-pyrrole nitrogens is 1. The SMILES string of the molecule is COCCNC(=O)c1ccc(N2CCN(C3CCCCC3)CC2)c(NC(=O)c2[nH]c3cc(Cl)cc4c3c2C2=C(c3ccccc3)C(C)CC=CN2C4c2ccc(Cl)cc2Cl)c1. The summed E-state index contributed by atoms with van der Waals surface area (Å²) in [5.74, 6) is -0.460. The van der Waals surface area contributed by atoms with Gasteiger partial charge in [0.05, 0.1) is 29.7 Å². The zero-order valence-electron chi connectivity index (χ0n) is 34.6. The molecule has 0 radical (unpaired) electrons. The Labute approximate surface area is 372 Å². The van der Waals surface area contributed by atoms with Crippen LogP contribution in [0.2, 0.25) is 15.1 Å². The number of hydrogen-bond acceptors (Lipinski definition) is 6. The summed E-state index contributed by atoms with van der Waals surface area (Å²) in [7, 11) is 1.61. The van der Waals surface area contributed by atoms with Crippen LogP contribution in [-0.2, 0) is 4.74 Å². The molecule has 2 unspecified atom stereocenters.